The van der Waals surface area contributed by atoms with Crippen LogP contribution >= 0.6 is 0 Å². The highest BCUT2D eigenvalue weighted by molar-refractivity contribution is 6.05. The average molecular weight is 404 g/mol. The van der Waals surface area contributed by atoms with Gasteiger partial charge in [-0.3, -0.25) is 9.59 Å². The zero-order chi connectivity index (χ0) is 20.9. The van der Waals surface area contributed by atoms with E-state index in [2.05, 4.69) is 15.7 Å². The van der Waals surface area contributed by atoms with Gasteiger partial charge in [-0.15, -0.1) is 0 Å². The topological polar surface area (TPSA) is 85.3 Å². The van der Waals surface area contributed by atoms with Gasteiger partial charge in [-0.05, 0) is 43.5 Å². The average Bonchev–Trinajstić information content (AvgIpc) is 3.39. The van der Waals surface area contributed by atoms with Crippen LogP contribution in [0.2, 0.25) is 0 Å². The van der Waals surface area contributed by atoms with Gasteiger partial charge in [-0.2, -0.15) is 5.10 Å². The number of nitrogens with one attached hydrogen (secondary N) is 2. The van der Waals surface area contributed by atoms with Gasteiger partial charge in [0.15, 0.2) is 0 Å². The van der Waals surface area contributed by atoms with E-state index in [1.165, 1.54) is 0 Å². The van der Waals surface area contributed by atoms with E-state index in [0.717, 1.165) is 24.1 Å². The molecule has 3 aromatic rings. The maximum Gasteiger partial charge on any atom is 0.256 e. The molecule has 2 heterocycles. The minimum atomic E-state index is -0.419. The van der Waals surface area contributed by atoms with E-state index < -0.39 is 6.10 Å². The summed E-state index contributed by atoms with van der Waals surface area (Å²) in [5, 5.41) is 10.2. The van der Waals surface area contributed by atoms with E-state index in [1.807, 2.05) is 43.3 Å². The molecule has 1 aliphatic rings. The molecule has 1 fully saturated rings. The Morgan fingerprint density at radius 2 is 1.93 bits per heavy atom. The first-order chi connectivity index (χ1) is 14.6. The molecule has 1 aliphatic heterocycles. The predicted octanol–water partition coefficient (Wildman–Crippen LogP) is 3.61. The Morgan fingerprint density at radius 1 is 1.10 bits per heavy atom. The normalized spacial score (nSPS) is 15.7. The van der Waals surface area contributed by atoms with Crippen molar-refractivity contribution in [2.75, 3.05) is 17.2 Å². The number of ether oxygens (including phenoxy) is 1. The molecule has 1 aromatic heterocycles. The smallest absolute Gasteiger partial charge is 0.256 e. The Hall–Kier alpha value is -3.45. The number of aromatic nitrogens is 2. The van der Waals surface area contributed by atoms with Crippen molar-refractivity contribution in [2.45, 2.75) is 32.4 Å². The summed E-state index contributed by atoms with van der Waals surface area (Å²) in [6, 6.07) is 18.6. The SMILES string of the molecule is Cc1cc(NC(=O)c2cccc(NC(=O)C3CCCO3)c2)n(Cc2ccccc2)n1. The molecule has 1 saturated heterocycles. The van der Waals surface area contributed by atoms with Crippen molar-refractivity contribution in [1.82, 2.24) is 9.78 Å². The number of hydrogen-bond acceptors (Lipinski definition) is 4. The van der Waals surface area contributed by atoms with E-state index in [9.17, 15) is 9.59 Å². The van der Waals surface area contributed by atoms with Crippen molar-refractivity contribution < 1.29 is 14.3 Å². The number of hydrogen-bond donors (Lipinski definition) is 2. The Morgan fingerprint density at radius 3 is 2.70 bits per heavy atom. The van der Waals surface area contributed by atoms with Crippen LogP contribution in [0.5, 0.6) is 0 Å². The number of amides is 2. The minimum absolute atomic E-state index is 0.179. The lowest BCUT2D eigenvalue weighted by atomic mass is 10.1. The standard InChI is InChI=1S/C23H24N4O3/c1-16-13-21(27(26-16)15-17-7-3-2-4-8-17)25-22(28)18-9-5-10-19(14-18)24-23(29)20-11-6-12-30-20/h2-5,7-10,13-14,20H,6,11-12,15H2,1H3,(H,24,29)(H,25,28). The molecule has 0 saturated carbocycles. The summed E-state index contributed by atoms with van der Waals surface area (Å²) in [6.45, 7) is 3.05. The summed E-state index contributed by atoms with van der Waals surface area (Å²) < 4.78 is 7.18. The fourth-order valence-electron chi connectivity index (χ4n) is 3.46. The van der Waals surface area contributed by atoms with Crippen LogP contribution in [-0.2, 0) is 16.1 Å². The largest absolute Gasteiger partial charge is 0.368 e. The van der Waals surface area contributed by atoms with Crippen molar-refractivity contribution in [3.05, 3.63) is 77.5 Å². The first-order valence-corrected chi connectivity index (χ1v) is 10.0. The number of aryl methyl sites for hydroxylation is 1. The molecule has 0 bridgehead atoms. The lowest BCUT2D eigenvalue weighted by Gasteiger charge is -2.12. The van der Waals surface area contributed by atoms with Gasteiger partial charge in [-0.1, -0.05) is 36.4 Å². The predicted molar refractivity (Wildman–Crippen MR) is 115 cm³/mol. The summed E-state index contributed by atoms with van der Waals surface area (Å²) in [4.78, 5) is 25.1. The highest BCUT2D eigenvalue weighted by atomic mass is 16.5. The highest BCUT2D eigenvalue weighted by Gasteiger charge is 2.23. The minimum Gasteiger partial charge on any atom is -0.368 e. The second kappa shape index (κ2) is 8.92. The van der Waals surface area contributed by atoms with Crippen molar-refractivity contribution >= 4 is 23.3 Å². The highest BCUT2D eigenvalue weighted by Crippen LogP contribution is 2.18. The number of carbonyl (C=O) groups is 2. The lowest BCUT2D eigenvalue weighted by Crippen LogP contribution is -2.27. The Labute approximate surface area is 175 Å². The van der Waals surface area contributed by atoms with Gasteiger partial charge in [0.2, 0.25) is 0 Å². The Balaban J connectivity index is 1.46. The monoisotopic (exact) mass is 404 g/mol. The molecule has 154 valence electrons. The zero-order valence-corrected chi connectivity index (χ0v) is 16.8. The van der Waals surface area contributed by atoms with E-state index in [4.69, 9.17) is 4.74 Å². The van der Waals surface area contributed by atoms with Crippen LogP contribution in [0, 0.1) is 6.92 Å². The van der Waals surface area contributed by atoms with Crippen LogP contribution in [0.25, 0.3) is 0 Å². The van der Waals surface area contributed by atoms with Crippen LogP contribution in [0.1, 0.15) is 34.5 Å². The molecule has 1 atom stereocenters. The zero-order valence-electron chi connectivity index (χ0n) is 16.8. The first-order valence-electron chi connectivity index (χ1n) is 10.0. The van der Waals surface area contributed by atoms with Crippen LogP contribution in [0.15, 0.2) is 60.7 Å². The second-order valence-corrected chi connectivity index (χ2v) is 7.34. The Bertz CT molecular complexity index is 1040. The molecular formula is C23H24N4O3. The molecule has 0 aliphatic carbocycles. The third-order valence-corrected chi connectivity index (χ3v) is 4.93. The summed E-state index contributed by atoms with van der Waals surface area (Å²) in [6.07, 6.45) is 1.19. The maximum absolute atomic E-state index is 12.8. The number of carbonyl (C=O) groups excluding carboxylic acids is 2. The van der Waals surface area contributed by atoms with Crippen LogP contribution in [-0.4, -0.2) is 34.3 Å². The second-order valence-electron chi connectivity index (χ2n) is 7.34. The molecule has 30 heavy (non-hydrogen) atoms. The van der Waals surface area contributed by atoms with Crippen molar-refractivity contribution in [3.63, 3.8) is 0 Å². The molecule has 2 amide bonds. The quantitative estimate of drug-likeness (QED) is 0.657. The van der Waals surface area contributed by atoms with E-state index in [0.29, 0.717) is 30.2 Å². The molecule has 0 spiro atoms. The molecule has 1 unspecified atom stereocenters. The Kier molecular flexibility index (Phi) is 5.90. The van der Waals surface area contributed by atoms with Crippen LogP contribution in [0.4, 0.5) is 11.5 Å². The molecule has 0 radical (unpaired) electrons. The number of nitrogens with zero attached hydrogens (tertiary/aromatic N) is 2. The molecule has 4 rings (SSSR count). The number of rotatable bonds is 6. The van der Waals surface area contributed by atoms with Crippen LogP contribution in [0.3, 0.4) is 0 Å². The van der Waals surface area contributed by atoms with E-state index in [1.54, 1.807) is 28.9 Å². The molecule has 7 heteroatoms. The fraction of sp³-hybridized carbons (Fsp3) is 0.261. The van der Waals surface area contributed by atoms with Crippen LogP contribution < -0.4 is 10.6 Å². The maximum atomic E-state index is 12.8. The third kappa shape index (κ3) is 4.75. The van der Waals surface area contributed by atoms with Gasteiger partial charge in [0, 0.05) is 23.9 Å². The lowest BCUT2D eigenvalue weighted by molar-refractivity contribution is -0.124. The van der Waals surface area contributed by atoms with Crippen molar-refractivity contribution in [1.29, 1.82) is 0 Å². The number of anilines is 2. The summed E-state index contributed by atoms with van der Waals surface area (Å²) in [7, 11) is 0. The van der Waals surface area contributed by atoms with Crippen molar-refractivity contribution in [3.8, 4) is 0 Å². The van der Waals surface area contributed by atoms with Gasteiger partial charge >= 0.3 is 0 Å². The summed E-state index contributed by atoms with van der Waals surface area (Å²) in [5.41, 5.74) is 2.93. The summed E-state index contributed by atoms with van der Waals surface area (Å²) in [5.74, 6) is 0.175. The third-order valence-electron chi connectivity index (χ3n) is 4.93. The molecule has 2 N–H and O–H groups in total. The van der Waals surface area contributed by atoms with Gasteiger partial charge in [-0.25, -0.2) is 4.68 Å². The molecular weight excluding hydrogens is 380 g/mol. The molecule has 7 nitrogen and oxygen atoms in total. The van der Waals surface area contributed by atoms with Gasteiger partial charge in [0.05, 0.1) is 12.2 Å². The van der Waals surface area contributed by atoms with Crippen molar-refractivity contribution in [2.24, 2.45) is 0 Å². The fourth-order valence-corrected chi connectivity index (χ4v) is 3.46. The first kappa shape index (κ1) is 19.8. The van der Waals surface area contributed by atoms with E-state index in [-0.39, 0.29) is 11.8 Å². The summed E-state index contributed by atoms with van der Waals surface area (Å²) >= 11 is 0. The van der Waals surface area contributed by atoms with Gasteiger partial charge in [0.25, 0.3) is 11.8 Å². The van der Waals surface area contributed by atoms with E-state index >= 15 is 0 Å². The molecule has 2 aromatic carbocycles. The number of benzene rings is 2. The van der Waals surface area contributed by atoms with Gasteiger partial charge < -0.3 is 15.4 Å². The van der Waals surface area contributed by atoms with Gasteiger partial charge in [0.1, 0.15) is 11.9 Å².